The Morgan fingerprint density at radius 3 is 2.71 bits per heavy atom. The number of piperazine rings is 1. The normalized spacial score (nSPS) is 17.4. The molecule has 0 aliphatic carbocycles. The van der Waals surface area contributed by atoms with Crippen LogP contribution in [0.1, 0.15) is 40.5 Å². The first-order valence-corrected chi connectivity index (χ1v) is 13.1. The zero-order valence-corrected chi connectivity index (χ0v) is 21.8. The molecule has 0 bridgehead atoms. The number of aryl methyl sites for hydroxylation is 1. The highest BCUT2D eigenvalue weighted by Crippen LogP contribution is 2.30. The van der Waals surface area contributed by atoms with Gasteiger partial charge < -0.3 is 19.4 Å². The number of rotatable bonds is 5. The van der Waals surface area contributed by atoms with E-state index in [1.54, 1.807) is 19.5 Å². The summed E-state index contributed by atoms with van der Waals surface area (Å²) in [4.78, 5) is 38.2. The Labute approximate surface area is 220 Å². The molecule has 2 aliphatic rings. The maximum atomic E-state index is 13.7. The monoisotopic (exact) mass is 516 g/mol. The van der Waals surface area contributed by atoms with Crippen LogP contribution < -0.4 is 10.3 Å². The molecule has 3 aromatic heterocycles. The molecule has 0 spiro atoms. The first kappa shape index (κ1) is 24.6. The zero-order chi connectivity index (χ0) is 26.2. The van der Waals surface area contributed by atoms with Crippen molar-refractivity contribution in [3.8, 4) is 5.75 Å². The number of hydrogen-bond acceptors (Lipinski definition) is 7. The fourth-order valence-corrected chi connectivity index (χ4v) is 5.65. The van der Waals surface area contributed by atoms with Crippen LogP contribution >= 0.6 is 0 Å². The summed E-state index contributed by atoms with van der Waals surface area (Å²) in [5.41, 5.74) is 3.75. The van der Waals surface area contributed by atoms with Gasteiger partial charge in [0.15, 0.2) is 0 Å². The van der Waals surface area contributed by atoms with Gasteiger partial charge >= 0.3 is 0 Å². The van der Waals surface area contributed by atoms with Crippen LogP contribution in [0.4, 0.5) is 0 Å². The van der Waals surface area contributed by atoms with Crippen molar-refractivity contribution in [2.45, 2.75) is 32.4 Å². The smallest absolute Gasteiger partial charge is 0.259 e. The Kier molecular flexibility index (Phi) is 6.59. The van der Waals surface area contributed by atoms with Gasteiger partial charge in [-0.15, -0.1) is 0 Å². The average molecular weight is 517 g/mol. The number of ether oxygens (including phenoxy) is 2. The predicted octanol–water partition coefficient (Wildman–Crippen LogP) is 2.90. The minimum atomic E-state index is -0.162. The van der Waals surface area contributed by atoms with Gasteiger partial charge in [-0.1, -0.05) is 0 Å². The second kappa shape index (κ2) is 10.2. The summed E-state index contributed by atoms with van der Waals surface area (Å²) in [6.07, 6.45) is 5.10. The van der Waals surface area contributed by atoms with Crippen LogP contribution in [0.15, 0.2) is 41.5 Å². The van der Waals surface area contributed by atoms with E-state index in [1.807, 2.05) is 40.8 Å². The number of pyridine rings is 2. The number of carbonyl (C=O) groups is 1. The Hall–Kier alpha value is -3.76. The highest BCUT2D eigenvalue weighted by Gasteiger charge is 2.26. The molecule has 1 N–H and O–H groups in total. The Balaban J connectivity index is 1.27. The number of methoxy groups -OCH3 is 1. The second-order valence-electron chi connectivity index (χ2n) is 10.1. The van der Waals surface area contributed by atoms with Crippen LogP contribution in [0, 0.1) is 6.92 Å². The summed E-state index contributed by atoms with van der Waals surface area (Å²) in [6.45, 7) is 6.73. The van der Waals surface area contributed by atoms with Gasteiger partial charge in [-0.2, -0.15) is 5.10 Å². The van der Waals surface area contributed by atoms with Crippen molar-refractivity contribution in [3.05, 3.63) is 63.8 Å². The molecule has 10 nitrogen and oxygen atoms in total. The largest absolute Gasteiger partial charge is 0.495 e. The lowest BCUT2D eigenvalue weighted by atomic mass is 10.0. The number of amides is 1. The molecule has 2 fully saturated rings. The molecule has 2 aliphatic heterocycles. The van der Waals surface area contributed by atoms with E-state index in [2.05, 4.69) is 20.0 Å². The fraction of sp³-hybridized carbons (Fsp3) is 0.429. The Bertz CT molecular complexity index is 1550. The number of aromatic nitrogens is 4. The van der Waals surface area contributed by atoms with Crippen molar-refractivity contribution in [1.82, 2.24) is 29.5 Å². The SMILES string of the molecule is COc1cccnc1CN1CCN(C(=O)c2cc3c(cc2C)[nH]c(=O)c2cnn(C4CCOCC4)c23)CC1. The molecule has 198 valence electrons. The fourth-order valence-electron chi connectivity index (χ4n) is 5.65. The Morgan fingerprint density at radius 2 is 1.95 bits per heavy atom. The Morgan fingerprint density at radius 1 is 1.16 bits per heavy atom. The molecule has 5 heterocycles. The summed E-state index contributed by atoms with van der Waals surface area (Å²) in [5, 5.41) is 5.99. The van der Waals surface area contributed by atoms with Crippen molar-refractivity contribution in [1.29, 1.82) is 0 Å². The van der Waals surface area contributed by atoms with Gasteiger partial charge in [-0.25, -0.2) is 0 Å². The number of nitrogens with one attached hydrogen (secondary N) is 1. The van der Waals surface area contributed by atoms with Crippen LogP contribution in [0.25, 0.3) is 21.8 Å². The number of carbonyl (C=O) groups excluding carboxylic acids is 1. The molecule has 1 amide bonds. The maximum absolute atomic E-state index is 13.7. The highest BCUT2D eigenvalue weighted by molar-refractivity contribution is 6.07. The third-order valence-electron chi connectivity index (χ3n) is 7.78. The lowest BCUT2D eigenvalue weighted by molar-refractivity contribution is 0.0625. The predicted molar refractivity (Wildman–Crippen MR) is 144 cm³/mol. The van der Waals surface area contributed by atoms with E-state index in [0.717, 1.165) is 59.4 Å². The van der Waals surface area contributed by atoms with E-state index >= 15 is 0 Å². The number of benzene rings is 1. The van der Waals surface area contributed by atoms with Crippen LogP contribution in [0.3, 0.4) is 0 Å². The van der Waals surface area contributed by atoms with Crippen molar-refractivity contribution in [3.63, 3.8) is 0 Å². The van der Waals surface area contributed by atoms with Gasteiger partial charge in [-0.3, -0.25) is 24.2 Å². The second-order valence-corrected chi connectivity index (χ2v) is 10.1. The molecule has 6 rings (SSSR count). The molecular formula is C28H32N6O4. The van der Waals surface area contributed by atoms with Gasteiger partial charge in [0.05, 0.1) is 41.5 Å². The molecule has 0 saturated carbocycles. The van der Waals surface area contributed by atoms with Crippen LogP contribution in [-0.2, 0) is 11.3 Å². The summed E-state index contributed by atoms with van der Waals surface area (Å²) in [6, 6.07) is 7.80. The van der Waals surface area contributed by atoms with Crippen molar-refractivity contribution < 1.29 is 14.3 Å². The van der Waals surface area contributed by atoms with E-state index in [1.165, 1.54) is 0 Å². The first-order chi connectivity index (χ1) is 18.5. The standard InChI is InChI=1S/C28H32N6O4/c1-18-14-23-21(26-22(27(35)31-23)16-30-34(26)19-5-12-38-13-6-19)15-20(18)28(36)33-10-8-32(9-11-33)17-24-25(37-2)4-3-7-29-24/h3-4,7,14-16,19H,5-6,8-13,17H2,1-2H3,(H,31,35). The number of fused-ring (bicyclic) bond motifs is 3. The number of aromatic amines is 1. The van der Waals surface area contributed by atoms with Gasteiger partial charge in [0, 0.05) is 63.1 Å². The summed E-state index contributed by atoms with van der Waals surface area (Å²) in [5.74, 6) is 0.790. The van der Waals surface area contributed by atoms with Gasteiger partial charge in [-0.05, 0) is 49.6 Å². The molecule has 38 heavy (non-hydrogen) atoms. The van der Waals surface area contributed by atoms with Crippen LogP contribution in [-0.4, -0.2) is 82.0 Å². The van der Waals surface area contributed by atoms with Crippen molar-refractivity contribution in [2.75, 3.05) is 46.5 Å². The molecule has 0 atom stereocenters. The summed E-state index contributed by atoms with van der Waals surface area (Å²) < 4.78 is 12.9. The number of hydrogen-bond donors (Lipinski definition) is 1. The van der Waals surface area contributed by atoms with E-state index in [9.17, 15) is 9.59 Å². The van der Waals surface area contributed by atoms with Crippen LogP contribution in [0.5, 0.6) is 5.75 Å². The third kappa shape index (κ3) is 4.43. The minimum Gasteiger partial charge on any atom is -0.495 e. The van der Waals surface area contributed by atoms with Crippen LogP contribution in [0.2, 0.25) is 0 Å². The molecule has 0 unspecified atom stereocenters. The molecule has 10 heteroatoms. The molecule has 2 saturated heterocycles. The molecular weight excluding hydrogens is 484 g/mol. The van der Waals surface area contributed by atoms with Crippen molar-refractivity contribution in [2.24, 2.45) is 0 Å². The number of H-pyrrole nitrogens is 1. The van der Waals surface area contributed by atoms with E-state index in [-0.39, 0.29) is 17.5 Å². The van der Waals surface area contributed by atoms with E-state index in [4.69, 9.17) is 9.47 Å². The topological polar surface area (TPSA) is 106 Å². The maximum Gasteiger partial charge on any atom is 0.259 e. The molecule has 1 aromatic carbocycles. The molecule has 4 aromatic rings. The highest BCUT2D eigenvalue weighted by atomic mass is 16.5. The quantitative estimate of drug-likeness (QED) is 0.435. The van der Waals surface area contributed by atoms with E-state index < -0.39 is 0 Å². The minimum absolute atomic E-state index is 0.0101. The third-order valence-corrected chi connectivity index (χ3v) is 7.78. The van der Waals surface area contributed by atoms with E-state index in [0.29, 0.717) is 43.8 Å². The summed E-state index contributed by atoms with van der Waals surface area (Å²) in [7, 11) is 1.66. The van der Waals surface area contributed by atoms with Gasteiger partial charge in [0.2, 0.25) is 0 Å². The number of nitrogens with zero attached hydrogens (tertiary/aromatic N) is 5. The lowest BCUT2D eigenvalue weighted by Gasteiger charge is -2.35. The zero-order valence-electron chi connectivity index (χ0n) is 21.8. The van der Waals surface area contributed by atoms with Gasteiger partial charge in [0.1, 0.15) is 5.75 Å². The summed E-state index contributed by atoms with van der Waals surface area (Å²) >= 11 is 0. The lowest BCUT2D eigenvalue weighted by Crippen LogP contribution is -2.48. The van der Waals surface area contributed by atoms with Gasteiger partial charge in [0.25, 0.3) is 11.5 Å². The average Bonchev–Trinajstić information content (AvgIpc) is 3.40. The molecule has 0 radical (unpaired) electrons. The first-order valence-electron chi connectivity index (χ1n) is 13.1. The van der Waals surface area contributed by atoms with Crippen molar-refractivity contribution >= 4 is 27.7 Å².